The fourth-order valence-corrected chi connectivity index (χ4v) is 4.06. The Bertz CT molecular complexity index is 865. The Morgan fingerprint density at radius 2 is 1.80 bits per heavy atom. The normalized spacial score (nSPS) is 15.9. The molecule has 0 saturated carbocycles. The van der Waals surface area contributed by atoms with Crippen LogP contribution in [0.2, 0.25) is 0 Å². The van der Waals surface area contributed by atoms with Crippen molar-refractivity contribution in [3.05, 3.63) is 47.8 Å². The summed E-state index contributed by atoms with van der Waals surface area (Å²) >= 11 is 0. The highest BCUT2D eigenvalue weighted by atomic mass is 32.2. The van der Waals surface area contributed by atoms with E-state index in [1.165, 1.54) is 21.1 Å². The molecule has 1 aliphatic heterocycles. The number of esters is 1. The molecular weight excluding hydrogens is 344 g/mol. The maximum Gasteiger partial charge on any atom is 0.360 e. The summed E-state index contributed by atoms with van der Waals surface area (Å²) in [5.74, 6) is -0.191. The van der Waals surface area contributed by atoms with E-state index in [-0.39, 0.29) is 10.6 Å². The first-order chi connectivity index (χ1) is 11.9. The molecule has 1 aromatic carbocycles. The summed E-state index contributed by atoms with van der Waals surface area (Å²) in [7, 11) is -2.04. The predicted octanol–water partition coefficient (Wildman–Crippen LogP) is 1.57. The average Bonchev–Trinajstić information content (AvgIpc) is 3.00. The number of carbonyl (C=O) groups excluding carboxylic acids is 1. The summed E-state index contributed by atoms with van der Waals surface area (Å²) in [5.41, 5.74) is 1.23. The van der Waals surface area contributed by atoms with E-state index in [1.54, 1.807) is 19.2 Å². The lowest BCUT2D eigenvalue weighted by Gasteiger charge is -2.25. The lowest BCUT2D eigenvalue weighted by molar-refractivity contribution is 0.0723. The Morgan fingerprint density at radius 1 is 1.16 bits per heavy atom. The van der Waals surface area contributed by atoms with Crippen molar-refractivity contribution in [3.63, 3.8) is 0 Å². The zero-order valence-electron chi connectivity index (χ0n) is 14.1. The van der Waals surface area contributed by atoms with E-state index >= 15 is 0 Å². The van der Waals surface area contributed by atoms with Crippen molar-refractivity contribution in [2.75, 3.05) is 26.3 Å². The number of ether oxygens (including phenoxy) is 2. The van der Waals surface area contributed by atoms with Crippen LogP contribution >= 0.6 is 0 Å². The first kappa shape index (κ1) is 17.7. The maximum absolute atomic E-state index is 12.7. The van der Waals surface area contributed by atoms with E-state index < -0.39 is 16.0 Å². The molecule has 2 aromatic rings. The third kappa shape index (κ3) is 3.76. The number of sulfonamides is 1. The van der Waals surface area contributed by atoms with Crippen LogP contribution in [0.15, 0.2) is 41.4 Å². The molecule has 0 atom stereocenters. The van der Waals surface area contributed by atoms with Gasteiger partial charge in [0.2, 0.25) is 10.0 Å². The molecule has 8 heteroatoms. The predicted molar refractivity (Wildman–Crippen MR) is 91.1 cm³/mol. The van der Waals surface area contributed by atoms with Gasteiger partial charge in [0.1, 0.15) is 16.3 Å². The number of morpholine rings is 1. The van der Waals surface area contributed by atoms with Crippen LogP contribution in [0.25, 0.3) is 0 Å². The molecule has 7 nitrogen and oxygen atoms in total. The van der Waals surface area contributed by atoms with Crippen LogP contribution in [0.1, 0.15) is 16.1 Å². The minimum absolute atomic E-state index is 0.0766. The number of nitrogens with zero attached hydrogens (tertiary/aromatic N) is 2. The zero-order chi connectivity index (χ0) is 18.0. The number of hydrogen-bond acceptors (Lipinski definition) is 5. The van der Waals surface area contributed by atoms with Gasteiger partial charge in [0, 0.05) is 26.3 Å². The van der Waals surface area contributed by atoms with Crippen LogP contribution in [0.4, 0.5) is 0 Å². The molecule has 0 aliphatic carbocycles. The van der Waals surface area contributed by atoms with E-state index in [0.29, 0.717) is 32.1 Å². The van der Waals surface area contributed by atoms with E-state index in [9.17, 15) is 13.2 Å². The minimum Gasteiger partial charge on any atom is -0.422 e. The van der Waals surface area contributed by atoms with Crippen LogP contribution in [-0.4, -0.2) is 49.6 Å². The molecule has 1 fully saturated rings. The van der Waals surface area contributed by atoms with Gasteiger partial charge in [0.05, 0.1) is 13.2 Å². The van der Waals surface area contributed by atoms with Gasteiger partial charge in [0.15, 0.2) is 0 Å². The number of aromatic nitrogens is 1. The quantitative estimate of drug-likeness (QED) is 0.608. The van der Waals surface area contributed by atoms with Gasteiger partial charge in [-0.05, 0) is 25.1 Å². The summed E-state index contributed by atoms with van der Waals surface area (Å²) in [5, 5.41) is 0. The Hall–Kier alpha value is -2.16. The highest BCUT2D eigenvalue weighted by Crippen LogP contribution is 2.21. The molecule has 0 radical (unpaired) electrons. The zero-order valence-corrected chi connectivity index (χ0v) is 15.0. The van der Waals surface area contributed by atoms with Crippen molar-refractivity contribution in [3.8, 4) is 5.75 Å². The largest absolute Gasteiger partial charge is 0.422 e. The topological polar surface area (TPSA) is 77.8 Å². The van der Waals surface area contributed by atoms with E-state index in [4.69, 9.17) is 9.47 Å². The lowest BCUT2D eigenvalue weighted by atomic mass is 10.2. The molecule has 134 valence electrons. The SMILES string of the molecule is Cc1ccc(OC(=O)c2cc(S(=O)(=O)N3CCOCC3)cn2C)cc1. The fourth-order valence-electron chi connectivity index (χ4n) is 2.58. The third-order valence-electron chi connectivity index (χ3n) is 4.03. The number of benzene rings is 1. The molecule has 1 saturated heterocycles. The van der Waals surface area contributed by atoms with Gasteiger partial charge in [-0.1, -0.05) is 17.7 Å². The van der Waals surface area contributed by atoms with Crippen LogP contribution in [0, 0.1) is 6.92 Å². The second kappa shape index (κ2) is 6.99. The van der Waals surface area contributed by atoms with Gasteiger partial charge in [-0.3, -0.25) is 0 Å². The van der Waals surface area contributed by atoms with Crippen molar-refractivity contribution in [1.29, 1.82) is 0 Å². The molecule has 0 bridgehead atoms. The maximum atomic E-state index is 12.7. The summed E-state index contributed by atoms with van der Waals surface area (Å²) < 4.78 is 38.7. The van der Waals surface area contributed by atoms with Crippen molar-refractivity contribution >= 4 is 16.0 Å². The summed E-state index contributed by atoms with van der Waals surface area (Å²) in [6, 6.07) is 8.41. The second-order valence-electron chi connectivity index (χ2n) is 5.89. The van der Waals surface area contributed by atoms with Crippen molar-refractivity contribution in [2.45, 2.75) is 11.8 Å². The van der Waals surface area contributed by atoms with Crippen LogP contribution in [0.3, 0.4) is 0 Å². The summed E-state index contributed by atoms with van der Waals surface area (Å²) in [4.78, 5) is 12.4. The molecule has 0 spiro atoms. The van der Waals surface area contributed by atoms with Crippen molar-refractivity contribution < 1.29 is 22.7 Å². The Kier molecular flexibility index (Phi) is 4.94. The van der Waals surface area contributed by atoms with E-state index in [0.717, 1.165) is 5.56 Å². The van der Waals surface area contributed by atoms with Crippen LogP contribution in [0.5, 0.6) is 5.75 Å². The minimum atomic E-state index is -3.65. The van der Waals surface area contributed by atoms with Crippen molar-refractivity contribution in [2.24, 2.45) is 7.05 Å². The Labute approximate surface area is 146 Å². The molecule has 1 aliphatic rings. The van der Waals surface area contributed by atoms with Gasteiger partial charge in [-0.2, -0.15) is 4.31 Å². The van der Waals surface area contributed by atoms with Crippen LogP contribution < -0.4 is 4.74 Å². The number of hydrogen-bond donors (Lipinski definition) is 0. The van der Waals surface area contributed by atoms with E-state index in [1.807, 2.05) is 19.1 Å². The molecule has 0 amide bonds. The standard InChI is InChI=1S/C17H20N2O5S/c1-13-3-5-14(6-4-13)24-17(20)16-11-15(12-18(16)2)25(21,22)19-7-9-23-10-8-19/h3-6,11-12H,7-10H2,1-2H3. The summed E-state index contributed by atoms with van der Waals surface area (Å²) in [6.45, 7) is 3.29. The number of rotatable bonds is 4. The molecular formula is C17H20N2O5S. The molecule has 2 heterocycles. The highest BCUT2D eigenvalue weighted by Gasteiger charge is 2.29. The molecule has 25 heavy (non-hydrogen) atoms. The molecule has 1 aromatic heterocycles. The van der Waals surface area contributed by atoms with Crippen LogP contribution in [-0.2, 0) is 21.8 Å². The van der Waals surface area contributed by atoms with Gasteiger partial charge in [-0.15, -0.1) is 0 Å². The van der Waals surface area contributed by atoms with Gasteiger partial charge in [0.25, 0.3) is 0 Å². The highest BCUT2D eigenvalue weighted by molar-refractivity contribution is 7.89. The monoisotopic (exact) mass is 364 g/mol. The first-order valence-corrected chi connectivity index (χ1v) is 9.35. The first-order valence-electron chi connectivity index (χ1n) is 7.91. The van der Waals surface area contributed by atoms with Crippen molar-refractivity contribution in [1.82, 2.24) is 8.87 Å². The second-order valence-corrected chi connectivity index (χ2v) is 7.83. The smallest absolute Gasteiger partial charge is 0.360 e. The van der Waals surface area contributed by atoms with E-state index in [2.05, 4.69) is 0 Å². The molecule has 0 N–H and O–H groups in total. The molecule has 0 unspecified atom stereocenters. The Morgan fingerprint density at radius 3 is 2.44 bits per heavy atom. The Balaban J connectivity index is 1.81. The van der Waals surface area contributed by atoms with Gasteiger partial charge < -0.3 is 14.0 Å². The summed E-state index contributed by atoms with van der Waals surface area (Å²) in [6.07, 6.45) is 1.43. The third-order valence-corrected chi connectivity index (χ3v) is 5.89. The molecule has 3 rings (SSSR count). The lowest BCUT2D eigenvalue weighted by Crippen LogP contribution is -2.40. The van der Waals surface area contributed by atoms with Gasteiger partial charge >= 0.3 is 5.97 Å². The number of aryl methyl sites for hydroxylation is 2. The average molecular weight is 364 g/mol. The van der Waals surface area contributed by atoms with Gasteiger partial charge in [-0.25, -0.2) is 13.2 Å². The fraction of sp³-hybridized carbons (Fsp3) is 0.353. The number of carbonyl (C=O) groups is 1.